The largest absolute Gasteiger partial charge is 0.478 e. The van der Waals surface area contributed by atoms with Gasteiger partial charge in [-0.1, -0.05) is 71.5 Å². The minimum Gasteiger partial charge on any atom is -0.478 e. The van der Waals surface area contributed by atoms with Gasteiger partial charge in [-0.05, 0) is 65.9 Å². The number of hydrogen-bond acceptors (Lipinski definition) is 5. The Bertz CT molecular complexity index is 2010. The van der Waals surface area contributed by atoms with Crippen molar-refractivity contribution >= 4 is 40.7 Å². The zero-order chi connectivity index (χ0) is 27.4. The minimum atomic E-state index is -0.982. The molecule has 7 rings (SSSR count). The third kappa shape index (κ3) is 4.15. The van der Waals surface area contributed by atoms with Gasteiger partial charge in [-0.25, -0.2) is 9.79 Å². The minimum absolute atomic E-state index is 0.127. The van der Waals surface area contributed by atoms with Crippen LogP contribution >= 0.6 is 22.9 Å². The number of aryl methyl sites for hydroxylation is 1. The van der Waals surface area contributed by atoms with Crippen molar-refractivity contribution in [3.63, 3.8) is 0 Å². The molecular weight excluding hydrogens is 544 g/mol. The highest BCUT2D eigenvalue weighted by molar-refractivity contribution is 7.07. The van der Waals surface area contributed by atoms with Crippen LogP contribution in [-0.2, 0) is 6.42 Å². The number of carboxylic acids is 1. The fraction of sp³-hybridized carbons (Fsp3) is 0.0938. The van der Waals surface area contributed by atoms with E-state index in [0.717, 1.165) is 40.8 Å². The van der Waals surface area contributed by atoms with Crippen molar-refractivity contribution in [2.45, 2.75) is 18.9 Å². The third-order valence-corrected chi connectivity index (χ3v) is 8.61. The fourth-order valence-electron chi connectivity index (χ4n) is 5.46. The van der Waals surface area contributed by atoms with Crippen LogP contribution in [0.1, 0.15) is 45.3 Å². The number of allylic oxidation sites excluding steroid dienone is 1. The molecule has 1 atom stereocenters. The number of nitrogens with zero attached hydrogens (tertiary/aromatic N) is 2. The van der Waals surface area contributed by atoms with E-state index in [2.05, 4.69) is 18.2 Å². The first-order chi connectivity index (χ1) is 19.5. The van der Waals surface area contributed by atoms with E-state index >= 15 is 0 Å². The summed E-state index contributed by atoms with van der Waals surface area (Å²) in [6, 6.07) is 25.8. The van der Waals surface area contributed by atoms with Crippen LogP contribution in [-0.4, -0.2) is 15.6 Å². The molecular formula is C32H21ClN2O4S. The average Bonchev–Trinajstić information content (AvgIpc) is 3.57. The number of benzene rings is 3. The van der Waals surface area contributed by atoms with Gasteiger partial charge in [0.25, 0.3) is 5.56 Å². The zero-order valence-electron chi connectivity index (χ0n) is 21.0. The molecule has 0 spiro atoms. The van der Waals surface area contributed by atoms with Crippen molar-refractivity contribution < 1.29 is 14.3 Å². The van der Waals surface area contributed by atoms with Gasteiger partial charge in [-0.3, -0.25) is 9.36 Å². The molecule has 40 heavy (non-hydrogen) atoms. The van der Waals surface area contributed by atoms with Crippen molar-refractivity contribution in [2.24, 2.45) is 4.99 Å². The number of halogens is 1. The SMILES string of the molecule is O=C(O)c1ccc(-c2ccc(/C=c3/sc4n(c3=O)[C@@H](c3ccc(Cl)cc3)C3=C(N=4)c4ccccc4CC3)o2)cc1. The number of aromatic nitrogens is 1. The maximum absolute atomic E-state index is 13.9. The molecule has 0 fully saturated rings. The third-order valence-electron chi connectivity index (χ3n) is 7.38. The molecule has 0 bridgehead atoms. The molecule has 2 aromatic heterocycles. The molecule has 5 aromatic rings. The lowest BCUT2D eigenvalue weighted by molar-refractivity contribution is 0.0697. The fourth-order valence-corrected chi connectivity index (χ4v) is 6.57. The Kier molecular flexibility index (Phi) is 5.91. The van der Waals surface area contributed by atoms with Crippen LogP contribution in [0.5, 0.6) is 0 Å². The molecule has 196 valence electrons. The van der Waals surface area contributed by atoms with E-state index in [1.54, 1.807) is 28.8 Å². The molecule has 0 saturated carbocycles. The number of thiazole rings is 1. The molecule has 1 aliphatic carbocycles. The van der Waals surface area contributed by atoms with Gasteiger partial charge >= 0.3 is 5.97 Å². The second-order valence-corrected chi connectivity index (χ2v) is 11.2. The molecule has 3 heterocycles. The van der Waals surface area contributed by atoms with Crippen LogP contribution < -0.4 is 14.9 Å². The van der Waals surface area contributed by atoms with Gasteiger partial charge in [0.05, 0.1) is 21.8 Å². The number of rotatable bonds is 4. The predicted octanol–water partition coefficient (Wildman–Crippen LogP) is 5.93. The molecule has 1 aliphatic heterocycles. The molecule has 0 unspecified atom stereocenters. The van der Waals surface area contributed by atoms with Gasteiger partial charge in [-0.15, -0.1) is 0 Å². The summed E-state index contributed by atoms with van der Waals surface area (Å²) in [4.78, 5) is 30.7. The summed E-state index contributed by atoms with van der Waals surface area (Å²) >= 11 is 7.55. The van der Waals surface area contributed by atoms with E-state index in [-0.39, 0.29) is 17.2 Å². The van der Waals surface area contributed by atoms with Gasteiger partial charge in [-0.2, -0.15) is 0 Å². The van der Waals surface area contributed by atoms with Gasteiger partial charge in [0, 0.05) is 22.2 Å². The Morgan fingerprint density at radius 1 is 1.00 bits per heavy atom. The first-order valence-electron chi connectivity index (χ1n) is 12.8. The Hall–Kier alpha value is -4.46. The zero-order valence-corrected chi connectivity index (χ0v) is 22.6. The van der Waals surface area contributed by atoms with Crippen LogP contribution in [0.25, 0.3) is 23.1 Å². The van der Waals surface area contributed by atoms with Crippen molar-refractivity contribution in [2.75, 3.05) is 0 Å². The summed E-state index contributed by atoms with van der Waals surface area (Å²) in [5, 5.41) is 9.80. The van der Waals surface area contributed by atoms with Crippen LogP contribution in [0.2, 0.25) is 5.02 Å². The van der Waals surface area contributed by atoms with E-state index in [1.807, 2.05) is 36.4 Å². The quantitative estimate of drug-likeness (QED) is 0.293. The standard InChI is InChI=1S/C32H21ClN2O4S/c33-22-12-9-20(10-13-22)29-25-15-11-18-3-1-2-4-24(18)28(25)34-32-35(29)30(36)27(40-32)17-23-14-16-26(39-23)19-5-7-21(8-6-19)31(37)38/h1-10,12-14,16-17,29H,11,15H2,(H,37,38)/b27-17+/t29-/m0/s1. The van der Waals surface area contributed by atoms with Gasteiger partial charge in [0.15, 0.2) is 4.80 Å². The number of carboxylic acid groups (broad SMARTS) is 1. The van der Waals surface area contributed by atoms with Crippen LogP contribution in [0.4, 0.5) is 0 Å². The first kappa shape index (κ1) is 24.6. The normalized spacial score (nSPS) is 16.2. The molecule has 2 aliphatic rings. The lowest BCUT2D eigenvalue weighted by Crippen LogP contribution is -2.38. The Labute approximate surface area is 237 Å². The number of aromatic carboxylic acids is 1. The number of carbonyl (C=O) groups is 1. The van der Waals surface area contributed by atoms with E-state index in [1.165, 1.54) is 29.0 Å². The molecule has 0 saturated heterocycles. The van der Waals surface area contributed by atoms with Crippen LogP contribution in [0, 0.1) is 0 Å². The second kappa shape index (κ2) is 9.62. The summed E-state index contributed by atoms with van der Waals surface area (Å²) in [5.74, 6) is 0.130. The number of furan rings is 1. The van der Waals surface area contributed by atoms with E-state index in [4.69, 9.17) is 26.1 Å². The van der Waals surface area contributed by atoms with Crippen molar-refractivity contribution in [1.29, 1.82) is 0 Å². The van der Waals surface area contributed by atoms with Gasteiger partial charge in [0.1, 0.15) is 11.5 Å². The van der Waals surface area contributed by atoms with Gasteiger partial charge < -0.3 is 9.52 Å². The van der Waals surface area contributed by atoms with Crippen molar-refractivity contribution in [1.82, 2.24) is 4.57 Å². The Morgan fingerprint density at radius 2 is 1.77 bits per heavy atom. The highest BCUT2D eigenvalue weighted by Gasteiger charge is 2.32. The molecule has 1 N–H and O–H groups in total. The summed E-state index contributed by atoms with van der Waals surface area (Å²) in [7, 11) is 0. The average molecular weight is 565 g/mol. The summed E-state index contributed by atoms with van der Waals surface area (Å²) in [5.41, 5.74) is 6.27. The Morgan fingerprint density at radius 3 is 2.55 bits per heavy atom. The first-order valence-corrected chi connectivity index (χ1v) is 14.0. The van der Waals surface area contributed by atoms with E-state index in [0.29, 0.717) is 25.9 Å². The number of fused-ring (bicyclic) bond motifs is 3. The second-order valence-electron chi connectivity index (χ2n) is 9.75. The monoisotopic (exact) mass is 564 g/mol. The van der Waals surface area contributed by atoms with E-state index < -0.39 is 5.97 Å². The molecule has 0 radical (unpaired) electrons. The molecule has 0 amide bonds. The van der Waals surface area contributed by atoms with Gasteiger partial charge in [0.2, 0.25) is 0 Å². The lowest BCUT2D eigenvalue weighted by Gasteiger charge is -2.30. The highest BCUT2D eigenvalue weighted by atomic mass is 35.5. The maximum atomic E-state index is 13.9. The lowest BCUT2D eigenvalue weighted by atomic mass is 9.83. The Balaban J connectivity index is 1.36. The molecule has 3 aromatic carbocycles. The van der Waals surface area contributed by atoms with Crippen LogP contribution in [0.3, 0.4) is 0 Å². The van der Waals surface area contributed by atoms with Crippen molar-refractivity contribution in [3.8, 4) is 11.3 Å². The van der Waals surface area contributed by atoms with Crippen LogP contribution in [0.15, 0.2) is 105 Å². The highest BCUT2D eigenvalue weighted by Crippen LogP contribution is 2.41. The molecule has 8 heteroatoms. The van der Waals surface area contributed by atoms with Crippen molar-refractivity contribution in [3.05, 3.63) is 143 Å². The predicted molar refractivity (Wildman–Crippen MR) is 155 cm³/mol. The van der Waals surface area contributed by atoms with E-state index in [9.17, 15) is 9.59 Å². The summed E-state index contributed by atoms with van der Waals surface area (Å²) < 4.78 is 8.34. The number of hydrogen-bond donors (Lipinski definition) is 1. The topological polar surface area (TPSA) is 84.8 Å². The maximum Gasteiger partial charge on any atom is 0.335 e. The molecule has 6 nitrogen and oxygen atoms in total. The summed E-state index contributed by atoms with van der Waals surface area (Å²) in [6.07, 6.45) is 3.45. The summed E-state index contributed by atoms with van der Waals surface area (Å²) in [6.45, 7) is 0. The smallest absolute Gasteiger partial charge is 0.335 e.